The number of likely N-dealkylation sites (tertiary alicyclic amines) is 1. The van der Waals surface area contributed by atoms with Gasteiger partial charge >= 0.3 is 0 Å². The first-order valence-corrected chi connectivity index (χ1v) is 6.29. The number of amides is 1. The fourth-order valence-electron chi connectivity index (χ4n) is 1.96. The van der Waals surface area contributed by atoms with E-state index in [1.165, 1.54) is 6.42 Å². The number of carbonyl (C=O) groups is 1. The van der Waals surface area contributed by atoms with Gasteiger partial charge in [-0.2, -0.15) is 0 Å². The molecule has 1 rings (SSSR count). The number of unbranched alkanes of at least 4 members (excludes halogenated alkanes) is 1. The summed E-state index contributed by atoms with van der Waals surface area (Å²) in [5.74, 6) is 0.833. The Bertz CT molecular complexity index is 199. The van der Waals surface area contributed by atoms with Crippen LogP contribution >= 0.6 is 11.6 Å². The molecule has 1 amide bonds. The van der Waals surface area contributed by atoms with E-state index in [0.717, 1.165) is 32.4 Å². The Morgan fingerprint density at radius 1 is 1.53 bits per heavy atom. The number of carbonyl (C=O) groups excluding carboxylic acids is 1. The lowest BCUT2D eigenvalue weighted by Gasteiger charge is -2.30. The standard InChI is InChI=1S/C11H21ClN2O/c1-14-8-4-5-10(9-14)13-11(15)6-2-3-7-12/h10H,2-9H2,1H3,(H,13,15). The quantitative estimate of drug-likeness (QED) is 0.577. The second-order valence-corrected chi connectivity index (χ2v) is 4.69. The van der Waals surface area contributed by atoms with E-state index in [2.05, 4.69) is 17.3 Å². The molecule has 1 unspecified atom stereocenters. The Hall–Kier alpha value is -0.280. The molecule has 0 aromatic rings. The SMILES string of the molecule is CN1CCCC(NC(=O)CCCCCl)C1. The van der Waals surface area contributed by atoms with Gasteiger partial charge in [0.25, 0.3) is 0 Å². The van der Waals surface area contributed by atoms with Gasteiger partial charge in [0.1, 0.15) is 0 Å². The smallest absolute Gasteiger partial charge is 0.220 e. The molecule has 0 bridgehead atoms. The van der Waals surface area contributed by atoms with Gasteiger partial charge in [-0.15, -0.1) is 11.6 Å². The zero-order valence-electron chi connectivity index (χ0n) is 9.47. The lowest BCUT2D eigenvalue weighted by atomic mass is 10.1. The summed E-state index contributed by atoms with van der Waals surface area (Å²) in [7, 11) is 2.10. The van der Waals surface area contributed by atoms with Crippen LogP contribution in [0.4, 0.5) is 0 Å². The molecule has 15 heavy (non-hydrogen) atoms. The summed E-state index contributed by atoms with van der Waals surface area (Å²) in [5, 5.41) is 3.08. The Morgan fingerprint density at radius 3 is 3.00 bits per heavy atom. The van der Waals surface area contributed by atoms with Crippen LogP contribution in [0.25, 0.3) is 0 Å². The van der Waals surface area contributed by atoms with Gasteiger partial charge in [0.15, 0.2) is 0 Å². The van der Waals surface area contributed by atoms with Gasteiger partial charge in [-0.05, 0) is 39.3 Å². The number of rotatable bonds is 5. The fourth-order valence-corrected chi connectivity index (χ4v) is 2.15. The third kappa shape index (κ3) is 5.38. The maximum atomic E-state index is 11.5. The zero-order chi connectivity index (χ0) is 11.1. The molecule has 3 nitrogen and oxygen atoms in total. The molecule has 0 spiro atoms. The molecule has 88 valence electrons. The van der Waals surface area contributed by atoms with Gasteiger partial charge in [0, 0.05) is 24.9 Å². The minimum Gasteiger partial charge on any atom is -0.352 e. The number of halogens is 1. The van der Waals surface area contributed by atoms with Crippen molar-refractivity contribution in [2.45, 2.75) is 38.1 Å². The van der Waals surface area contributed by atoms with Crippen molar-refractivity contribution in [2.75, 3.05) is 26.0 Å². The summed E-state index contributed by atoms with van der Waals surface area (Å²) in [6.07, 6.45) is 4.75. The molecule has 1 N–H and O–H groups in total. The molecule has 1 heterocycles. The lowest BCUT2D eigenvalue weighted by Crippen LogP contribution is -2.46. The first-order valence-electron chi connectivity index (χ1n) is 5.76. The summed E-state index contributed by atoms with van der Waals surface area (Å²) < 4.78 is 0. The third-order valence-electron chi connectivity index (χ3n) is 2.78. The molecule has 1 fully saturated rings. The monoisotopic (exact) mass is 232 g/mol. The number of alkyl halides is 1. The van der Waals surface area contributed by atoms with Crippen LogP contribution in [-0.4, -0.2) is 42.9 Å². The van der Waals surface area contributed by atoms with Crippen LogP contribution in [0.1, 0.15) is 32.1 Å². The first kappa shape index (κ1) is 12.8. The van der Waals surface area contributed by atoms with E-state index in [4.69, 9.17) is 11.6 Å². The minimum absolute atomic E-state index is 0.181. The van der Waals surface area contributed by atoms with Crippen LogP contribution in [0, 0.1) is 0 Å². The van der Waals surface area contributed by atoms with Crippen LogP contribution in [-0.2, 0) is 4.79 Å². The highest BCUT2D eigenvalue weighted by molar-refractivity contribution is 6.17. The lowest BCUT2D eigenvalue weighted by molar-refractivity contribution is -0.122. The summed E-state index contributed by atoms with van der Waals surface area (Å²) in [5.41, 5.74) is 0. The Labute approximate surface area is 97.2 Å². The van der Waals surface area contributed by atoms with E-state index in [-0.39, 0.29) is 5.91 Å². The molecule has 4 heteroatoms. The van der Waals surface area contributed by atoms with Gasteiger partial charge in [0.2, 0.25) is 5.91 Å². The van der Waals surface area contributed by atoms with Crippen LogP contribution in [0.5, 0.6) is 0 Å². The van der Waals surface area contributed by atoms with Crippen molar-refractivity contribution in [1.29, 1.82) is 0 Å². The second kappa shape index (κ2) is 7.07. The van der Waals surface area contributed by atoms with Crippen molar-refractivity contribution in [2.24, 2.45) is 0 Å². The largest absolute Gasteiger partial charge is 0.352 e. The van der Waals surface area contributed by atoms with Gasteiger partial charge in [0.05, 0.1) is 0 Å². The van der Waals surface area contributed by atoms with Crippen molar-refractivity contribution in [1.82, 2.24) is 10.2 Å². The number of likely N-dealkylation sites (N-methyl/N-ethyl adjacent to an activating group) is 1. The molecule has 0 aromatic heterocycles. The molecule has 0 aromatic carbocycles. The molecule has 1 aliphatic heterocycles. The molecule has 0 radical (unpaired) electrons. The van der Waals surface area contributed by atoms with Crippen LogP contribution in [0.15, 0.2) is 0 Å². The molecule has 0 saturated carbocycles. The molecule has 1 aliphatic rings. The zero-order valence-corrected chi connectivity index (χ0v) is 10.2. The molecular weight excluding hydrogens is 212 g/mol. The van der Waals surface area contributed by atoms with Crippen LogP contribution in [0.2, 0.25) is 0 Å². The fraction of sp³-hybridized carbons (Fsp3) is 0.909. The molecule has 0 aliphatic carbocycles. The third-order valence-corrected chi connectivity index (χ3v) is 3.04. The second-order valence-electron chi connectivity index (χ2n) is 4.31. The van der Waals surface area contributed by atoms with E-state index in [9.17, 15) is 4.79 Å². The Morgan fingerprint density at radius 2 is 2.33 bits per heavy atom. The number of hydrogen-bond donors (Lipinski definition) is 1. The average Bonchev–Trinajstić information content (AvgIpc) is 2.18. The number of hydrogen-bond acceptors (Lipinski definition) is 2. The topological polar surface area (TPSA) is 32.3 Å². The summed E-state index contributed by atoms with van der Waals surface area (Å²) in [6.45, 7) is 2.14. The predicted molar refractivity (Wildman–Crippen MR) is 63.2 cm³/mol. The van der Waals surface area contributed by atoms with Crippen molar-refractivity contribution in [3.05, 3.63) is 0 Å². The summed E-state index contributed by atoms with van der Waals surface area (Å²) >= 11 is 5.56. The predicted octanol–water partition coefficient (Wildman–Crippen LogP) is 1.61. The van der Waals surface area contributed by atoms with E-state index in [1.54, 1.807) is 0 Å². The number of nitrogens with zero attached hydrogens (tertiary/aromatic N) is 1. The highest BCUT2D eigenvalue weighted by Gasteiger charge is 2.18. The normalized spacial score (nSPS) is 22.7. The van der Waals surface area contributed by atoms with Crippen molar-refractivity contribution < 1.29 is 4.79 Å². The number of piperidine rings is 1. The van der Waals surface area contributed by atoms with Crippen molar-refractivity contribution in [3.8, 4) is 0 Å². The Balaban J connectivity index is 2.13. The summed E-state index contributed by atoms with van der Waals surface area (Å²) in [6, 6.07) is 0.354. The van der Waals surface area contributed by atoms with Gasteiger partial charge in [-0.3, -0.25) is 4.79 Å². The highest BCUT2D eigenvalue weighted by Crippen LogP contribution is 2.08. The number of nitrogens with one attached hydrogen (secondary N) is 1. The van der Waals surface area contributed by atoms with Crippen LogP contribution < -0.4 is 5.32 Å². The van der Waals surface area contributed by atoms with E-state index >= 15 is 0 Å². The van der Waals surface area contributed by atoms with Crippen molar-refractivity contribution >= 4 is 17.5 Å². The molecule has 1 atom stereocenters. The maximum absolute atomic E-state index is 11.5. The highest BCUT2D eigenvalue weighted by atomic mass is 35.5. The first-order chi connectivity index (χ1) is 7.22. The van der Waals surface area contributed by atoms with Crippen molar-refractivity contribution in [3.63, 3.8) is 0 Å². The van der Waals surface area contributed by atoms with E-state index < -0.39 is 0 Å². The van der Waals surface area contributed by atoms with E-state index in [1.807, 2.05) is 0 Å². The molecule has 1 saturated heterocycles. The Kier molecular flexibility index (Phi) is 6.03. The molecular formula is C11H21ClN2O. The van der Waals surface area contributed by atoms with E-state index in [0.29, 0.717) is 18.3 Å². The van der Waals surface area contributed by atoms with Crippen LogP contribution in [0.3, 0.4) is 0 Å². The summed E-state index contributed by atoms with van der Waals surface area (Å²) in [4.78, 5) is 13.8. The van der Waals surface area contributed by atoms with Gasteiger partial charge < -0.3 is 10.2 Å². The maximum Gasteiger partial charge on any atom is 0.220 e. The van der Waals surface area contributed by atoms with Gasteiger partial charge in [-0.1, -0.05) is 0 Å². The average molecular weight is 233 g/mol. The minimum atomic E-state index is 0.181. The van der Waals surface area contributed by atoms with Gasteiger partial charge in [-0.25, -0.2) is 0 Å².